The maximum Gasteiger partial charge on any atom is 0.244 e. The molecule has 19 heavy (non-hydrogen) atoms. The number of hydrogen-bond acceptors (Lipinski definition) is 2. The fourth-order valence-corrected chi connectivity index (χ4v) is 1.72. The fourth-order valence-electron chi connectivity index (χ4n) is 1.41. The molecule has 98 valence electrons. The third-order valence-electron chi connectivity index (χ3n) is 2.39. The summed E-state index contributed by atoms with van der Waals surface area (Å²) in [5.74, 6) is -0.188. The van der Waals surface area contributed by atoms with Crippen LogP contribution in [-0.2, 0) is 11.3 Å². The van der Waals surface area contributed by atoms with Gasteiger partial charge in [-0.3, -0.25) is 9.89 Å². The molecule has 2 rings (SSSR count). The molecule has 1 heterocycles. The first-order valence-electron chi connectivity index (χ1n) is 5.54. The molecule has 0 spiro atoms. The highest BCUT2D eigenvalue weighted by molar-refractivity contribution is 6.42. The Morgan fingerprint density at radius 1 is 1.37 bits per heavy atom. The summed E-state index contributed by atoms with van der Waals surface area (Å²) < 4.78 is 0. The van der Waals surface area contributed by atoms with Crippen LogP contribution < -0.4 is 5.32 Å². The van der Waals surface area contributed by atoms with Gasteiger partial charge in [0.15, 0.2) is 0 Å². The number of halogens is 2. The van der Waals surface area contributed by atoms with E-state index in [0.29, 0.717) is 16.6 Å². The SMILES string of the molecule is O=C(/C=C/c1ccc(Cl)c(Cl)c1)NCc1cn[nH]c1. The zero-order chi connectivity index (χ0) is 13.7. The maximum absolute atomic E-state index is 11.6. The number of H-pyrrole nitrogens is 1. The van der Waals surface area contributed by atoms with Crippen molar-refractivity contribution in [3.63, 3.8) is 0 Å². The average Bonchev–Trinajstić information content (AvgIpc) is 2.91. The van der Waals surface area contributed by atoms with E-state index in [2.05, 4.69) is 15.5 Å². The Labute approximate surface area is 120 Å². The van der Waals surface area contributed by atoms with Crippen LogP contribution in [0.15, 0.2) is 36.7 Å². The predicted octanol–water partition coefficient (Wildman–Crippen LogP) is 3.05. The van der Waals surface area contributed by atoms with Crippen LogP contribution in [0.5, 0.6) is 0 Å². The van der Waals surface area contributed by atoms with Crippen molar-refractivity contribution in [3.05, 3.63) is 57.8 Å². The van der Waals surface area contributed by atoms with E-state index in [4.69, 9.17) is 23.2 Å². The topological polar surface area (TPSA) is 57.8 Å². The fraction of sp³-hybridized carbons (Fsp3) is 0.0769. The third kappa shape index (κ3) is 4.12. The van der Waals surface area contributed by atoms with Gasteiger partial charge in [-0.25, -0.2) is 0 Å². The van der Waals surface area contributed by atoms with E-state index in [0.717, 1.165) is 11.1 Å². The number of aromatic amines is 1. The van der Waals surface area contributed by atoms with Crippen molar-refractivity contribution < 1.29 is 4.79 Å². The van der Waals surface area contributed by atoms with E-state index in [1.807, 2.05) is 0 Å². The Hall–Kier alpha value is -1.78. The van der Waals surface area contributed by atoms with Crippen molar-refractivity contribution in [3.8, 4) is 0 Å². The van der Waals surface area contributed by atoms with Crippen LogP contribution in [0.1, 0.15) is 11.1 Å². The van der Waals surface area contributed by atoms with E-state index >= 15 is 0 Å². The number of rotatable bonds is 4. The van der Waals surface area contributed by atoms with Crippen LogP contribution in [0.2, 0.25) is 10.0 Å². The van der Waals surface area contributed by atoms with Crippen molar-refractivity contribution in [1.82, 2.24) is 15.5 Å². The van der Waals surface area contributed by atoms with Crippen LogP contribution in [0.3, 0.4) is 0 Å². The number of carbonyl (C=O) groups is 1. The first-order valence-corrected chi connectivity index (χ1v) is 6.29. The van der Waals surface area contributed by atoms with Gasteiger partial charge in [-0.2, -0.15) is 5.10 Å². The first-order chi connectivity index (χ1) is 9.15. The highest BCUT2D eigenvalue weighted by Gasteiger charge is 1.99. The van der Waals surface area contributed by atoms with Crippen LogP contribution in [0.25, 0.3) is 6.08 Å². The highest BCUT2D eigenvalue weighted by atomic mass is 35.5. The maximum atomic E-state index is 11.6. The van der Waals surface area contributed by atoms with Gasteiger partial charge in [0.05, 0.1) is 16.2 Å². The summed E-state index contributed by atoms with van der Waals surface area (Å²) >= 11 is 11.7. The number of nitrogens with zero attached hydrogens (tertiary/aromatic N) is 1. The van der Waals surface area contributed by atoms with Crippen molar-refractivity contribution >= 4 is 35.2 Å². The van der Waals surface area contributed by atoms with Gasteiger partial charge in [0.25, 0.3) is 0 Å². The van der Waals surface area contributed by atoms with Gasteiger partial charge in [-0.15, -0.1) is 0 Å². The minimum absolute atomic E-state index is 0.188. The van der Waals surface area contributed by atoms with E-state index in [9.17, 15) is 4.79 Å². The Balaban J connectivity index is 1.90. The van der Waals surface area contributed by atoms with Crippen LogP contribution >= 0.6 is 23.2 Å². The van der Waals surface area contributed by atoms with Gasteiger partial charge >= 0.3 is 0 Å². The number of aromatic nitrogens is 2. The minimum atomic E-state index is -0.188. The van der Waals surface area contributed by atoms with Gasteiger partial charge in [0.1, 0.15) is 0 Å². The van der Waals surface area contributed by atoms with Crippen LogP contribution in [0, 0.1) is 0 Å². The summed E-state index contributed by atoms with van der Waals surface area (Å²) in [6, 6.07) is 5.17. The highest BCUT2D eigenvalue weighted by Crippen LogP contribution is 2.22. The smallest absolute Gasteiger partial charge is 0.244 e. The van der Waals surface area contributed by atoms with E-state index in [-0.39, 0.29) is 5.91 Å². The van der Waals surface area contributed by atoms with Gasteiger partial charge < -0.3 is 5.32 Å². The molecule has 0 aliphatic carbocycles. The van der Waals surface area contributed by atoms with Crippen molar-refractivity contribution in [2.24, 2.45) is 0 Å². The molecule has 0 unspecified atom stereocenters. The Bertz CT molecular complexity index is 594. The summed E-state index contributed by atoms with van der Waals surface area (Å²) in [6.45, 7) is 0.432. The molecule has 0 aliphatic rings. The number of benzene rings is 1. The van der Waals surface area contributed by atoms with Gasteiger partial charge in [-0.1, -0.05) is 29.3 Å². The lowest BCUT2D eigenvalue weighted by Crippen LogP contribution is -2.19. The van der Waals surface area contributed by atoms with Crippen molar-refractivity contribution in [2.75, 3.05) is 0 Å². The molecule has 4 nitrogen and oxygen atoms in total. The van der Waals surface area contributed by atoms with E-state index < -0.39 is 0 Å². The molecule has 0 radical (unpaired) electrons. The minimum Gasteiger partial charge on any atom is -0.348 e. The van der Waals surface area contributed by atoms with Gasteiger partial charge in [0.2, 0.25) is 5.91 Å². The summed E-state index contributed by atoms with van der Waals surface area (Å²) in [7, 11) is 0. The molecule has 2 N–H and O–H groups in total. The average molecular weight is 296 g/mol. The summed E-state index contributed by atoms with van der Waals surface area (Å²) in [4.78, 5) is 11.6. The molecule has 6 heteroatoms. The second kappa shape index (κ2) is 6.41. The lowest BCUT2D eigenvalue weighted by molar-refractivity contribution is -0.116. The molecular formula is C13H11Cl2N3O. The number of nitrogens with one attached hydrogen (secondary N) is 2. The molecule has 1 aromatic carbocycles. The molecule has 1 amide bonds. The Kier molecular flexibility index (Phi) is 4.60. The van der Waals surface area contributed by atoms with Gasteiger partial charge in [0, 0.05) is 24.4 Å². The molecule has 0 fully saturated rings. The first kappa shape index (κ1) is 13.6. The Morgan fingerprint density at radius 2 is 2.21 bits per heavy atom. The zero-order valence-corrected chi connectivity index (χ0v) is 11.4. The number of amides is 1. The predicted molar refractivity (Wildman–Crippen MR) is 75.9 cm³/mol. The van der Waals surface area contributed by atoms with Crippen LogP contribution in [-0.4, -0.2) is 16.1 Å². The largest absolute Gasteiger partial charge is 0.348 e. The second-order valence-corrected chi connectivity index (χ2v) is 4.65. The zero-order valence-electron chi connectivity index (χ0n) is 9.86. The molecule has 0 atom stereocenters. The molecular weight excluding hydrogens is 285 g/mol. The molecule has 0 saturated carbocycles. The second-order valence-electron chi connectivity index (χ2n) is 3.83. The molecule has 0 saturated heterocycles. The standard InChI is InChI=1S/C13H11Cl2N3O/c14-11-3-1-9(5-12(11)15)2-4-13(19)16-6-10-7-17-18-8-10/h1-5,7-8H,6H2,(H,16,19)(H,17,18)/b4-2+. The quantitative estimate of drug-likeness (QED) is 0.852. The lowest BCUT2D eigenvalue weighted by atomic mass is 10.2. The summed E-state index contributed by atoms with van der Waals surface area (Å²) in [6.07, 6.45) is 6.50. The van der Waals surface area contributed by atoms with E-state index in [1.165, 1.54) is 6.08 Å². The monoisotopic (exact) mass is 295 g/mol. The summed E-state index contributed by atoms with van der Waals surface area (Å²) in [5.41, 5.74) is 1.73. The third-order valence-corrected chi connectivity index (χ3v) is 3.13. The molecule has 0 bridgehead atoms. The molecule has 1 aromatic heterocycles. The van der Waals surface area contributed by atoms with Crippen molar-refractivity contribution in [2.45, 2.75) is 6.54 Å². The number of hydrogen-bond donors (Lipinski definition) is 2. The Morgan fingerprint density at radius 3 is 2.89 bits per heavy atom. The van der Waals surface area contributed by atoms with E-state index in [1.54, 1.807) is 36.7 Å². The number of carbonyl (C=O) groups excluding carboxylic acids is 1. The lowest BCUT2D eigenvalue weighted by Gasteiger charge is -1.99. The van der Waals surface area contributed by atoms with Crippen LogP contribution in [0.4, 0.5) is 0 Å². The van der Waals surface area contributed by atoms with Crippen molar-refractivity contribution in [1.29, 1.82) is 0 Å². The molecule has 0 aliphatic heterocycles. The normalized spacial score (nSPS) is 10.8. The van der Waals surface area contributed by atoms with Gasteiger partial charge in [-0.05, 0) is 23.8 Å². The molecule has 2 aromatic rings. The summed E-state index contributed by atoms with van der Waals surface area (Å²) in [5, 5.41) is 10.2.